The molecule has 0 spiro atoms. The van der Waals surface area contributed by atoms with Crippen molar-refractivity contribution in [1.29, 1.82) is 0 Å². The number of carbonyl (C=O) groups excluding carboxylic acids is 1. The van der Waals surface area contributed by atoms with Gasteiger partial charge in [-0.15, -0.1) is 5.10 Å². The van der Waals surface area contributed by atoms with Gasteiger partial charge in [-0.1, -0.05) is 52.8 Å². The monoisotopic (exact) mass is 462 g/mol. The van der Waals surface area contributed by atoms with Crippen molar-refractivity contribution in [3.63, 3.8) is 0 Å². The number of carbonyl (C=O) groups is 1. The van der Waals surface area contributed by atoms with Crippen molar-refractivity contribution >= 4 is 29.3 Å². The van der Waals surface area contributed by atoms with E-state index in [1.54, 1.807) is 35.3 Å². The summed E-state index contributed by atoms with van der Waals surface area (Å²) in [6, 6.07) is 17.3. The van der Waals surface area contributed by atoms with Gasteiger partial charge in [0.25, 0.3) is 5.91 Å². The zero-order valence-electron chi connectivity index (χ0n) is 17.1. The van der Waals surface area contributed by atoms with Crippen LogP contribution in [-0.4, -0.2) is 42.3 Å². The second-order valence-corrected chi connectivity index (χ2v) is 8.72. The molecule has 0 atom stereocenters. The van der Waals surface area contributed by atoms with Crippen LogP contribution < -0.4 is 0 Å². The van der Waals surface area contributed by atoms with Crippen LogP contribution in [0.3, 0.4) is 0 Å². The predicted octanol–water partition coefficient (Wildman–Crippen LogP) is 4.20. The third-order valence-electron chi connectivity index (χ3n) is 5.33. The second-order valence-electron chi connectivity index (χ2n) is 7.34. The minimum absolute atomic E-state index is 0.121. The Hall–Kier alpha value is -3.23. The Kier molecular flexibility index (Phi) is 5.87. The van der Waals surface area contributed by atoms with Crippen LogP contribution in [0, 0.1) is 0 Å². The maximum absolute atomic E-state index is 13.5. The van der Waals surface area contributed by atoms with Gasteiger partial charge in [-0.05, 0) is 47.9 Å². The summed E-state index contributed by atoms with van der Waals surface area (Å²) in [5, 5.41) is 9.86. The van der Waals surface area contributed by atoms with E-state index < -0.39 is 0 Å². The van der Waals surface area contributed by atoms with Crippen LogP contribution in [0.1, 0.15) is 27.3 Å². The van der Waals surface area contributed by atoms with E-state index in [-0.39, 0.29) is 5.91 Å². The Morgan fingerprint density at radius 1 is 1.00 bits per heavy atom. The van der Waals surface area contributed by atoms with E-state index in [9.17, 15) is 4.79 Å². The Bertz CT molecular complexity index is 1250. The number of rotatable bonds is 5. The van der Waals surface area contributed by atoms with E-state index in [0.717, 1.165) is 12.1 Å². The van der Waals surface area contributed by atoms with Crippen molar-refractivity contribution in [3.8, 4) is 5.69 Å². The first-order valence-electron chi connectivity index (χ1n) is 10.2. The third-order valence-corrected chi connectivity index (χ3v) is 6.47. The average molecular weight is 463 g/mol. The highest BCUT2D eigenvalue weighted by Gasteiger charge is 2.28. The first-order valence-corrected chi connectivity index (χ1v) is 11.5. The molecule has 4 aromatic rings. The van der Waals surface area contributed by atoms with Crippen LogP contribution in [-0.2, 0) is 18.7 Å². The van der Waals surface area contributed by atoms with E-state index >= 15 is 0 Å². The second kappa shape index (κ2) is 9.10. The molecule has 0 fully saturated rings. The molecule has 0 saturated heterocycles. The van der Waals surface area contributed by atoms with Crippen LogP contribution in [0.5, 0.6) is 0 Å². The Balaban J connectivity index is 1.47. The summed E-state index contributed by atoms with van der Waals surface area (Å²) in [6.45, 7) is 1.22. The van der Waals surface area contributed by atoms with Gasteiger partial charge in [-0.2, -0.15) is 0 Å². The minimum Gasteiger partial charge on any atom is -0.333 e. The number of halogens is 1. The van der Waals surface area contributed by atoms with E-state index in [1.807, 2.05) is 29.2 Å². The van der Waals surface area contributed by atoms with Gasteiger partial charge in [0.1, 0.15) is 0 Å². The third kappa shape index (κ3) is 4.24. The molecule has 9 heteroatoms. The molecule has 2 aromatic heterocycles. The van der Waals surface area contributed by atoms with Crippen LogP contribution in [0.4, 0.5) is 0 Å². The van der Waals surface area contributed by atoms with Gasteiger partial charge in [-0.3, -0.25) is 4.79 Å². The van der Waals surface area contributed by atoms with Crippen LogP contribution in [0.2, 0.25) is 5.02 Å². The molecule has 1 aliphatic heterocycles. The van der Waals surface area contributed by atoms with Gasteiger partial charge in [0.15, 0.2) is 10.9 Å². The minimum atomic E-state index is -0.121. The van der Waals surface area contributed by atoms with Crippen LogP contribution >= 0.6 is 23.4 Å². The van der Waals surface area contributed by atoms with E-state index in [2.05, 4.69) is 32.4 Å². The summed E-state index contributed by atoms with van der Waals surface area (Å²) in [4.78, 5) is 23.9. The van der Waals surface area contributed by atoms with Gasteiger partial charge < -0.3 is 4.90 Å². The maximum Gasteiger partial charge on any atom is 0.276 e. The lowest BCUT2D eigenvalue weighted by atomic mass is 10.00. The van der Waals surface area contributed by atoms with E-state index in [0.29, 0.717) is 40.4 Å². The number of amides is 1. The summed E-state index contributed by atoms with van der Waals surface area (Å²) in [7, 11) is 0. The largest absolute Gasteiger partial charge is 0.333 e. The Morgan fingerprint density at radius 3 is 2.53 bits per heavy atom. The summed E-state index contributed by atoms with van der Waals surface area (Å²) < 4.78 is 1.69. The maximum atomic E-state index is 13.5. The molecule has 0 saturated carbocycles. The van der Waals surface area contributed by atoms with Crippen molar-refractivity contribution in [3.05, 3.63) is 94.5 Å². The molecule has 0 N–H and O–H groups in total. The number of aromatic nitrogens is 5. The molecule has 1 aliphatic rings. The number of hydrogen-bond acceptors (Lipinski definition) is 6. The summed E-state index contributed by atoms with van der Waals surface area (Å²) in [5.41, 5.74) is 4.30. The zero-order chi connectivity index (χ0) is 21.9. The Morgan fingerprint density at radius 2 is 1.75 bits per heavy atom. The smallest absolute Gasteiger partial charge is 0.276 e. The molecule has 3 heterocycles. The molecule has 1 amide bonds. The van der Waals surface area contributed by atoms with Crippen LogP contribution in [0.15, 0.2) is 72.1 Å². The molecular weight excluding hydrogens is 444 g/mol. The number of hydrogen-bond donors (Lipinski definition) is 0. The topological polar surface area (TPSA) is 76.8 Å². The number of fused-ring (bicyclic) bond motifs is 1. The van der Waals surface area contributed by atoms with E-state index in [4.69, 9.17) is 11.6 Å². The fourth-order valence-corrected chi connectivity index (χ4v) is 4.62. The van der Waals surface area contributed by atoms with Crippen molar-refractivity contribution in [1.82, 2.24) is 29.9 Å². The fourth-order valence-electron chi connectivity index (χ4n) is 3.70. The lowest BCUT2D eigenvalue weighted by Gasteiger charge is -2.28. The molecular formula is C23H19ClN6OS. The molecule has 7 nitrogen and oxygen atoms in total. The molecule has 0 radical (unpaired) electrons. The summed E-state index contributed by atoms with van der Waals surface area (Å²) in [5.74, 6) is 0.329. The SMILES string of the molecule is O=C(c1nnn(-c2ccc(Cl)cc2)c1CSc1ncccn1)N1CCc2ccccc2C1. The molecule has 0 unspecified atom stereocenters. The standard InChI is InChI=1S/C23H19ClN6OS/c24-18-6-8-19(9-7-18)30-20(15-32-23-25-11-3-12-26-23)21(27-28-30)22(31)29-13-10-16-4-1-2-5-17(16)14-29/h1-9,11-12H,10,13-15H2. The molecule has 5 rings (SSSR count). The molecule has 0 bridgehead atoms. The molecule has 2 aromatic carbocycles. The lowest BCUT2D eigenvalue weighted by Crippen LogP contribution is -2.36. The fraction of sp³-hybridized carbons (Fsp3) is 0.174. The first kappa shape index (κ1) is 20.7. The number of benzene rings is 2. The molecule has 32 heavy (non-hydrogen) atoms. The number of nitrogens with zero attached hydrogens (tertiary/aromatic N) is 6. The van der Waals surface area contributed by atoms with Gasteiger partial charge in [-0.25, -0.2) is 14.6 Å². The highest BCUT2D eigenvalue weighted by Crippen LogP contribution is 2.26. The predicted molar refractivity (Wildman–Crippen MR) is 123 cm³/mol. The van der Waals surface area contributed by atoms with Gasteiger partial charge >= 0.3 is 0 Å². The van der Waals surface area contributed by atoms with Crippen molar-refractivity contribution < 1.29 is 4.79 Å². The zero-order valence-corrected chi connectivity index (χ0v) is 18.6. The summed E-state index contributed by atoms with van der Waals surface area (Å²) >= 11 is 7.49. The number of thioether (sulfide) groups is 1. The van der Waals surface area contributed by atoms with Gasteiger partial charge in [0, 0.05) is 36.3 Å². The quantitative estimate of drug-likeness (QED) is 0.327. The molecule has 0 aliphatic carbocycles. The van der Waals surface area contributed by atoms with Crippen molar-refractivity contribution in [2.75, 3.05) is 6.54 Å². The first-order chi connectivity index (χ1) is 15.7. The highest BCUT2D eigenvalue weighted by atomic mass is 35.5. The van der Waals surface area contributed by atoms with Gasteiger partial charge in [0.05, 0.1) is 11.4 Å². The van der Waals surface area contributed by atoms with Crippen molar-refractivity contribution in [2.24, 2.45) is 0 Å². The van der Waals surface area contributed by atoms with Gasteiger partial charge in [0.2, 0.25) is 0 Å². The average Bonchev–Trinajstić information content (AvgIpc) is 3.27. The highest BCUT2D eigenvalue weighted by molar-refractivity contribution is 7.98. The van der Waals surface area contributed by atoms with Crippen molar-refractivity contribution in [2.45, 2.75) is 23.9 Å². The molecule has 160 valence electrons. The Labute approximate surface area is 194 Å². The lowest BCUT2D eigenvalue weighted by molar-refractivity contribution is 0.0727. The summed E-state index contributed by atoms with van der Waals surface area (Å²) in [6.07, 6.45) is 4.22. The van der Waals surface area contributed by atoms with E-state index in [1.165, 1.54) is 22.9 Å². The normalized spacial score (nSPS) is 13.1. The van der Waals surface area contributed by atoms with Crippen LogP contribution in [0.25, 0.3) is 5.69 Å².